The molecule has 0 unspecified atom stereocenters. The molecule has 0 bridgehead atoms. The summed E-state index contributed by atoms with van der Waals surface area (Å²) >= 11 is 7.68. The van der Waals surface area contributed by atoms with Crippen molar-refractivity contribution in [2.75, 3.05) is 5.73 Å². The second-order valence-corrected chi connectivity index (χ2v) is 5.50. The average molecular weight is 303 g/mol. The van der Waals surface area contributed by atoms with Crippen LogP contribution in [0.4, 0.5) is 5.82 Å². The summed E-state index contributed by atoms with van der Waals surface area (Å²) in [4.78, 5) is 12.9. The number of nitrogens with zero attached hydrogens (tertiary/aromatic N) is 3. The zero-order valence-corrected chi connectivity index (χ0v) is 12.2. The van der Waals surface area contributed by atoms with E-state index in [4.69, 9.17) is 17.3 Å². The lowest BCUT2D eigenvalue weighted by Crippen LogP contribution is -1.98. The Morgan fingerprint density at radius 1 is 1.15 bits per heavy atom. The number of halogens is 1. The fourth-order valence-electron chi connectivity index (χ4n) is 1.84. The van der Waals surface area contributed by atoms with Crippen molar-refractivity contribution in [1.29, 1.82) is 0 Å². The molecular formula is C14H11ClN4S. The highest BCUT2D eigenvalue weighted by Gasteiger charge is 2.12. The van der Waals surface area contributed by atoms with Gasteiger partial charge in [0.1, 0.15) is 16.6 Å². The monoisotopic (exact) mass is 302 g/mol. The third-order valence-corrected chi connectivity index (χ3v) is 4.03. The third kappa shape index (κ3) is 2.37. The lowest BCUT2D eigenvalue weighted by Gasteiger charge is -2.01. The summed E-state index contributed by atoms with van der Waals surface area (Å²) in [6.45, 7) is 1.80. The second-order valence-electron chi connectivity index (χ2n) is 4.23. The Bertz CT molecular complexity index is 769. The van der Waals surface area contributed by atoms with E-state index in [2.05, 4.69) is 15.0 Å². The Balaban J connectivity index is 2.04. The molecule has 20 heavy (non-hydrogen) atoms. The summed E-state index contributed by atoms with van der Waals surface area (Å²) in [6.07, 6.45) is 1.70. The standard InChI is InChI=1S/C14H11ClN4S/c1-8-17-6-10(13(16)18-8)14-19-12(7-20-14)9-4-2-3-5-11(9)15/h2-7H,1H3,(H2,16,17,18). The van der Waals surface area contributed by atoms with Crippen LogP contribution in [0.5, 0.6) is 0 Å². The summed E-state index contributed by atoms with van der Waals surface area (Å²) in [6, 6.07) is 7.62. The van der Waals surface area contributed by atoms with Crippen molar-refractivity contribution in [3.05, 3.63) is 46.7 Å². The number of nitrogens with two attached hydrogens (primary N) is 1. The molecule has 2 aromatic heterocycles. The van der Waals surface area contributed by atoms with Gasteiger partial charge in [0, 0.05) is 22.2 Å². The van der Waals surface area contributed by atoms with Crippen LogP contribution in [-0.4, -0.2) is 15.0 Å². The van der Waals surface area contributed by atoms with E-state index in [-0.39, 0.29) is 0 Å². The van der Waals surface area contributed by atoms with E-state index >= 15 is 0 Å². The molecule has 3 aromatic rings. The maximum atomic E-state index is 6.18. The first kappa shape index (κ1) is 13.0. The van der Waals surface area contributed by atoms with Crippen LogP contribution in [0.15, 0.2) is 35.8 Å². The molecule has 6 heteroatoms. The molecule has 0 aliphatic heterocycles. The molecule has 1 aromatic carbocycles. The number of rotatable bonds is 2. The minimum atomic E-state index is 0.442. The van der Waals surface area contributed by atoms with Gasteiger partial charge in [-0.2, -0.15) is 0 Å². The molecule has 0 aliphatic carbocycles. The van der Waals surface area contributed by atoms with Gasteiger partial charge in [0.05, 0.1) is 11.3 Å². The van der Waals surface area contributed by atoms with Crippen molar-refractivity contribution in [3.63, 3.8) is 0 Å². The Morgan fingerprint density at radius 2 is 1.95 bits per heavy atom. The van der Waals surface area contributed by atoms with Gasteiger partial charge in [-0.15, -0.1) is 11.3 Å². The molecule has 2 heterocycles. The van der Waals surface area contributed by atoms with Crippen LogP contribution < -0.4 is 5.73 Å². The predicted molar refractivity (Wildman–Crippen MR) is 82.7 cm³/mol. The molecule has 0 saturated carbocycles. The third-order valence-electron chi connectivity index (χ3n) is 2.82. The van der Waals surface area contributed by atoms with Crippen LogP contribution in [0.1, 0.15) is 5.82 Å². The van der Waals surface area contributed by atoms with Gasteiger partial charge in [0.25, 0.3) is 0 Å². The summed E-state index contributed by atoms with van der Waals surface area (Å²) in [5, 5.41) is 3.42. The molecule has 0 fully saturated rings. The predicted octanol–water partition coefficient (Wildman–Crippen LogP) is 3.81. The molecule has 0 aliphatic rings. The molecule has 2 N–H and O–H groups in total. The van der Waals surface area contributed by atoms with E-state index in [9.17, 15) is 0 Å². The van der Waals surface area contributed by atoms with Crippen LogP contribution >= 0.6 is 22.9 Å². The molecule has 0 radical (unpaired) electrons. The number of hydrogen-bond acceptors (Lipinski definition) is 5. The van der Waals surface area contributed by atoms with Crippen LogP contribution in [0.3, 0.4) is 0 Å². The van der Waals surface area contributed by atoms with Gasteiger partial charge in [0.2, 0.25) is 0 Å². The van der Waals surface area contributed by atoms with E-state index in [1.165, 1.54) is 11.3 Å². The van der Waals surface area contributed by atoms with Gasteiger partial charge in [-0.1, -0.05) is 29.8 Å². The average Bonchev–Trinajstić information content (AvgIpc) is 2.88. The largest absolute Gasteiger partial charge is 0.383 e. The SMILES string of the molecule is Cc1ncc(-c2nc(-c3ccccc3Cl)cs2)c(N)n1. The van der Waals surface area contributed by atoms with Crippen molar-refractivity contribution >= 4 is 28.8 Å². The molecule has 4 nitrogen and oxygen atoms in total. The van der Waals surface area contributed by atoms with Gasteiger partial charge < -0.3 is 5.73 Å². The number of aromatic nitrogens is 3. The Hall–Kier alpha value is -1.98. The highest BCUT2D eigenvalue weighted by Crippen LogP contribution is 2.33. The molecule has 0 spiro atoms. The first-order chi connectivity index (χ1) is 9.65. The van der Waals surface area contributed by atoms with Gasteiger partial charge in [-0.05, 0) is 13.0 Å². The van der Waals surface area contributed by atoms with Gasteiger partial charge in [0.15, 0.2) is 0 Å². The quantitative estimate of drug-likeness (QED) is 0.781. The minimum absolute atomic E-state index is 0.442. The number of hydrogen-bond donors (Lipinski definition) is 1. The molecule has 0 saturated heterocycles. The Labute approximate surface area is 125 Å². The smallest absolute Gasteiger partial charge is 0.137 e. The van der Waals surface area contributed by atoms with Crippen LogP contribution in [-0.2, 0) is 0 Å². The molecular weight excluding hydrogens is 292 g/mol. The highest BCUT2D eigenvalue weighted by atomic mass is 35.5. The van der Waals surface area contributed by atoms with Gasteiger partial charge in [-0.3, -0.25) is 0 Å². The maximum Gasteiger partial charge on any atom is 0.137 e. The summed E-state index contributed by atoms with van der Waals surface area (Å²) < 4.78 is 0. The summed E-state index contributed by atoms with van der Waals surface area (Å²) in [5.74, 6) is 1.09. The number of thiazole rings is 1. The number of anilines is 1. The van der Waals surface area contributed by atoms with Crippen molar-refractivity contribution in [1.82, 2.24) is 15.0 Å². The van der Waals surface area contributed by atoms with Gasteiger partial charge >= 0.3 is 0 Å². The molecule has 0 amide bonds. The van der Waals surface area contributed by atoms with Crippen LogP contribution in [0.25, 0.3) is 21.8 Å². The lowest BCUT2D eigenvalue weighted by atomic mass is 10.2. The molecule has 100 valence electrons. The Morgan fingerprint density at radius 3 is 2.70 bits per heavy atom. The van der Waals surface area contributed by atoms with Crippen molar-refractivity contribution in [2.24, 2.45) is 0 Å². The minimum Gasteiger partial charge on any atom is -0.383 e. The number of benzene rings is 1. The summed E-state index contributed by atoms with van der Waals surface area (Å²) in [5.41, 5.74) is 8.40. The topological polar surface area (TPSA) is 64.7 Å². The molecule has 3 rings (SSSR count). The highest BCUT2D eigenvalue weighted by molar-refractivity contribution is 7.13. The lowest BCUT2D eigenvalue weighted by molar-refractivity contribution is 1.06. The first-order valence-electron chi connectivity index (χ1n) is 5.95. The van der Waals surface area contributed by atoms with Crippen LogP contribution in [0, 0.1) is 6.92 Å². The zero-order chi connectivity index (χ0) is 14.1. The Kier molecular flexibility index (Phi) is 3.38. The van der Waals surface area contributed by atoms with Crippen molar-refractivity contribution < 1.29 is 0 Å². The molecule has 0 atom stereocenters. The van der Waals surface area contributed by atoms with E-state index < -0.39 is 0 Å². The second kappa shape index (κ2) is 5.19. The summed E-state index contributed by atoms with van der Waals surface area (Å²) in [7, 11) is 0. The van der Waals surface area contributed by atoms with Gasteiger partial charge in [-0.25, -0.2) is 15.0 Å². The van der Waals surface area contributed by atoms with E-state index in [0.29, 0.717) is 16.7 Å². The maximum absolute atomic E-state index is 6.18. The number of aryl methyl sites for hydroxylation is 1. The normalized spacial score (nSPS) is 10.7. The van der Waals surface area contributed by atoms with E-state index in [0.717, 1.165) is 21.8 Å². The van der Waals surface area contributed by atoms with Crippen molar-refractivity contribution in [3.8, 4) is 21.8 Å². The van der Waals surface area contributed by atoms with Crippen LogP contribution in [0.2, 0.25) is 5.02 Å². The van der Waals surface area contributed by atoms with E-state index in [1.807, 2.05) is 29.6 Å². The number of nitrogen functional groups attached to an aromatic ring is 1. The fourth-order valence-corrected chi connectivity index (χ4v) is 2.91. The van der Waals surface area contributed by atoms with E-state index in [1.54, 1.807) is 13.1 Å². The fraction of sp³-hybridized carbons (Fsp3) is 0.0714. The first-order valence-corrected chi connectivity index (χ1v) is 7.21. The zero-order valence-electron chi connectivity index (χ0n) is 10.7. The van der Waals surface area contributed by atoms with Crippen molar-refractivity contribution in [2.45, 2.75) is 6.92 Å².